The summed E-state index contributed by atoms with van der Waals surface area (Å²) in [6.45, 7) is 4.55. The van der Waals surface area contributed by atoms with Gasteiger partial charge >= 0.3 is 0 Å². The predicted octanol–water partition coefficient (Wildman–Crippen LogP) is 2.20. The largest absolute Gasteiger partial charge is 0.339 e. The lowest BCUT2D eigenvalue weighted by Gasteiger charge is -2.20. The van der Waals surface area contributed by atoms with Gasteiger partial charge in [0.25, 0.3) is 0 Å². The number of carbonyl (C=O) groups excluding carboxylic acids is 1. The predicted molar refractivity (Wildman–Crippen MR) is 79.6 cm³/mol. The third-order valence-corrected chi connectivity index (χ3v) is 4.39. The van der Waals surface area contributed by atoms with Crippen LogP contribution in [0.15, 0.2) is 17.6 Å². The second-order valence-electron chi connectivity index (χ2n) is 4.88. The Kier molecular flexibility index (Phi) is 4.54. The van der Waals surface area contributed by atoms with Crippen molar-refractivity contribution >= 4 is 17.2 Å². The maximum atomic E-state index is 12.4. The molecule has 6 heteroatoms. The molecule has 0 N–H and O–H groups in total. The van der Waals surface area contributed by atoms with Crippen molar-refractivity contribution in [2.45, 2.75) is 32.7 Å². The molecular weight excluding hydrogens is 272 g/mol. The van der Waals surface area contributed by atoms with E-state index in [1.54, 1.807) is 27.1 Å². The van der Waals surface area contributed by atoms with E-state index in [2.05, 4.69) is 17.0 Å². The molecule has 2 aromatic heterocycles. The van der Waals surface area contributed by atoms with Crippen molar-refractivity contribution in [3.8, 4) is 0 Å². The molecule has 0 saturated heterocycles. The van der Waals surface area contributed by atoms with Crippen molar-refractivity contribution < 1.29 is 4.79 Å². The van der Waals surface area contributed by atoms with Gasteiger partial charge in [-0.1, -0.05) is 6.92 Å². The molecule has 0 radical (unpaired) electrons. The van der Waals surface area contributed by atoms with Gasteiger partial charge in [-0.3, -0.25) is 9.48 Å². The van der Waals surface area contributed by atoms with E-state index in [9.17, 15) is 4.79 Å². The van der Waals surface area contributed by atoms with Crippen LogP contribution in [0.25, 0.3) is 0 Å². The monoisotopic (exact) mass is 292 g/mol. The summed E-state index contributed by atoms with van der Waals surface area (Å²) in [5.41, 5.74) is 1.88. The highest BCUT2D eigenvalue weighted by atomic mass is 32.1. The minimum absolute atomic E-state index is 0.0830. The average molecular weight is 292 g/mol. The van der Waals surface area contributed by atoms with E-state index in [-0.39, 0.29) is 11.8 Å². The quantitative estimate of drug-likeness (QED) is 0.849. The maximum Gasteiger partial charge on any atom is 0.231 e. The first kappa shape index (κ1) is 14.7. The maximum absolute atomic E-state index is 12.4. The molecule has 5 nitrogen and oxygen atoms in total. The lowest BCUT2D eigenvalue weighted by Crippen LogP contribution is -2.31. The van der Waals surface area contributed by atoms with Gasteiger partial charge in [0.1, 0.15) is 0 Å². The molecule has 1 unspecified atom stereocenters. The van der Waals surface area contributed by atoms with Crippen LogP contribution in [-0.4, -0.2) is 32.6 Å². The van der Waals surface area contributed by atoms with E-state index in [0.717, 1.165) is 22.8 Å². The van der Waals surface area contributed by atoms with Crippen molar-refractivity contribution in [3.63, 3.8) is 0 Å². The van der Waals surface area contributed by atoms with Crippen LogP contribution in [0.1, 0.15) is 36.2 Å². The zero-order valence-electron chi connectivity index (χ0n) is 12.3. The van der Waals surface area contributed by atoms with Gasteiger partial charge in [0.15, 0.2) is 0 Å². The zero-order valence-corrected chi connectivity index (χ0v) is 13.1. The van der Waals surface area contributed by atoms with Gasteiger partial charge in [0.2, 0.25) is 5.91 Å². The van der Waals surface area contributed by atoms with Gasteiger partial charge in [-0.05, 0) is 19.4 Å². The SMILES string of the molecule is CCc1nc(CN(C)C(=O)C(C)c2ccnn2C)cs1. The second-order valence-corrected chi connectivity index (χ2v) is 5.82. The third kappa shape index (κ3) is 3.07. The summed E-state index contributed by atoms with van der Waals surface area (Å²) in [7, 11) is 3.67. The van der Waals surface area contributed by atoms with Crippen molar-refractivity contribution in [3.05, 3.63) is 34.0 Å². The molecule has 0 aliphatic heterocycles. The minimum Gasteiger partial charge on any atom is -0.339 e. The van der Waals surface area contributed by atoms with E-state index in [4.69, 9.17) is 0 Å². The summed E-state index contributed by atoms with van der Waals surface area (Å²) in [4.78, 5) is 18.7. The number of nitrogens with zero attached hydrogens (tertiary/aromatic N) is 4. The molecule has 0 saturated carbocycles. The number of carbonyl (C=O) groups is 1. The average Bonchev–Trinajstić information content (AvgIpc) is 3.05. The molecule has 2 heterocycles. The Bertz CT molecular complexity index is 590. The highest BCUT2D eigenvalue weighted by Crippen LogP contribution is 2.18. The van der Waals surface area contributed by atoms with Crippen LogP contribution in [-0.2, 0) is 24.8 Å². The fraction of sp³-hybridized carbons (Fsp3) is 0.500. The summed E-state index contributed by atoms with van der Waals surface area (Å²) >= 11 is 1.65. The highest BCUT2D eigenvalue weighted by molar-refractivity contribution is 7.09. The molecule has 0 spiro atoms. The van der Waals surface area contributed by atoms with Gasteiger partial charge in [-0.15, -0.1) is 11.3 Å². The molecule has 2 rings (SSSR count). The lowest BCUT2D eigenvalue weighted by atomic mass is 10.1. The molecule has 1 atom stereocenters. The molecule has 2 aromatic rings. The van der Waals surface area contributed by atoms with Crippen LogP contribution < -0.4 is 0 Å². The number of aromatic nitrogens is 3. The molecular formula is C14H20N4OS. The molecule has 108 valence electrons. The lowest BCUT2D eigenvalue weighted by molar-refractivity contribution is -0.131. The van der Waals surface area contributed by atoms with E-state index in [0.29, 0.717) is 6.54 Å². The third-order valence-electron chi connectivity index (χ3n) is 3.35. The van der Waals surface area contributed by atoms with Gasteiger partial charge in [-0.25, -0.2) is 4.98 Å². The standard InChI is InChI=1S/C14H20N4OS/c1-5-13-16-11(9-20-13)8-17(3)14(19)10(2)12-6-7-15-18(12)4/h6-7,9-10H,5,8H2,1-4H3. The van der Waals surface area contributed by atoms with Gasteiger partial charge < -0.3 is 4.90 Å². The highest BCUT2D eigenvalue weighted by Gasteiger charge is 2.22. The normalized spacial score (nSPS) is 12.4. The summed E-state index contributed by atoms with van der Waals surface area (Å²) < 4.78 is 1.74. The summed E-state index contributed by atoms with van der Waals surface area (Å²) in [6, 6.07) is 1.88. The van der Waals surface area contributed by atoms with E-state index < -0.39 is 0 Å². The second kappa shape index (κ2) is 6.17. The van der Waals surface area contributed by atoms with Crippen molar-refractivity contribution in [2.75, 3.05) is 7.05 Å². The van der Waals surface area contributed by atoms with Gasteiger partial charge in [-0.2, -0.15) is 5.10 Å². The Morgan fingerprint density at radius 1 is 1.55 bits per heavy atom. The Labute approximate surface area is 123 Å². The smallest absolute Gasteiger partial charge is 0.231 e. The topological polar surface area (TPSA) is 51.0 Å². The van der Waals surface area contributed by atoms with E-state index in [1.165, 1.54) is 0 Å². The fourth-order valence-electron chi connectivity index (χ4n) is 2.17. The molecule has 0 aliphatic rings. The van der Waals surface area contributed by atoms with Crippen LogP contribution in [0, 0.1) is 0 Å². The first-order chi connectivity index (χ1) is 9.52. The van der Waals surface area contributed by atoms with Crippen LogP contribution in [0.4, 0.5) is 0 Å². The fourth-order valence-corrected chi connectivity index (χ4v) is 2.91. The Morgan fingerprint density at radius 3 is 2.85 bits per heavy atom. The van der Waals surface area contributed by atoms with Gasteiger partial charge in [0, 0.05) is 25.7 Å². The van der Waals surface area contributed by atoms with E-state index >= 15 is 0 Å². The van der Waals surface area contributed by atoms with Crippen LogP contribution in [0.5, 0.6) is 0 Å². The number of amides is 1. The number of aryl methyl sites for hydroxylation is 2. The van der Waals surface area contributed by atoms with Crippen molar-refractivity contribution in [1.29, 1.82) is 0 Å². The Balaban J connectivity index is 2.03. The molecule has 20 heavy (non-hydrogen) atoms. The number of rotatable bonds is 5. The van der Waals surface area contributed by atoms with Crippen LogP contribution in [0.2, 0.25) is 0 Å². The summed E-state index contributed by atoms with van der Waals surface area (Å²) in [5, 5.41) is 7.25. The molecule has 1 amide bonds. The van der Waals surface area contributed by atoms with Crippen LogP contribution >= 0.6 is 11.3 Å². The van der Waals surface area contributed by atoms with Gasteiger partial charge in [0.05, 0.1) is 28.9 Å². The van der Waals surface area contributed by atoms with Crippen molar-refractivity contribution in [2.24, 2.45) is 7.05 Å². The minimum atomic E-state index is -0.197. The van der Waals surface area contributed by atoms with Crippen LogP contribution in [0.3, 0.4) is 0 Å². The molecule has 0 bridgehead atoms. The van der Waals surface area contributed by atoms with E-state index in [1.807, 2.05) is 32.5 Å². The Morgan fingerprint density at radius 2 is 2.30 bits per heavy atom. The molecule has 0 fully saturated rings. The molecule has 0 aromatic carbocycles. The number of hydrogen-bond donors (Lipinski definition) is 0. The molecule has 0 aliphatic carbocycles. The number of likely N-dealkylation sites (N-methyl/N-ethyl adjacent to an activating group) is 1. The number of thiazole rings is 1. The Hall–Kier alpha value is -1.69. The number of hydrogen-bond acceptors (Lipinski definition) is 4. The zero-order chi connectivity index (χ0) is 14.7. The summed E-state index contributed by atoms with van der Waals surface area (Å²) in [5.74, 6) is -0.114. The summed E-state index contributed by atoms with van der Waals surface area (Å²) in [6.07, 6.45) is 2.65. The van der Waals surface area contributed by atoms with Crippen molar-refractivity contribution in [1.82, 2.24) is 19.7 Å². The first-order valence-corrected chi connectivity index (χ1v) is 7.57. The first-order valence-electron chi connectivity index (χ1n) is 6.69.